The van der Waals surface area contributed by atoms with Gasteiger partial charge in [0.15, 0.2) is 9.84 Å². The number of benzene rings is 1. The number of alkyl halides is 3. The summed E-state index contributed by atoms with van der Waals surface area (Å²) in [6, 6.07) is 3.08. The van der Waals surface area contributed by atoms with E-state index in [0.717, 1.165) is 24.3 Å². The van der Waals surface area contributed by atoms with Crippen molar-refractivity contribution in [2.45, 2.75) is 18.6 Å². The highest BCUT2D eigenvalue weighted by atomic mass is 32.2. The zero-order valence-corrected chi connectivity index (χ0v) is 12.5. The predicted molar refractivity (Wildman–Crippen MR) is 75.3 cm³/mol. The maximum atomic E-state index is 12.4. The van der Waals surface area contributed by atoms with Crippen molar-refractivity contribution in [3.05, 3.63) is 29.8 Å². The molecule has 1 fully saturated rings. The van der Waals surface area contributed by atoms with Crippen LogP contribution in [0.2, 0.25) is 0 Å². The van der Waals surface area contributed by atoms with Crippen LogP contribution in [0.15, 0.2) is 24.3 Å². The smallest absolute Gasteiger partial charge is 0.324 e. The van der Waals surface area contributed by atoms with Crippen molar-refractivity contribution in [3.63, 3.8) is 0 Å². The van der Waals surface area contributed by atoms with Crippen LogP contribution < -0.4 is 5.32 Å². The molecule has 1 saturated heterocycles. The van der Waals surface area contributed by atoms with E-state index in [1.54, 1.807) is 0 Å². The topological polar surface area (TPSA) is 66.5 Å². The molecule has 1 aliphatic rings. The molecule has 122 valence electrons. The molecule has 0 bridgehead atoms. The lowest BCUT2D eigenvalue weighted by Gasteiger charge is -2.23. The van der Waals surface area contributed by atoms with Gasteiger partial charge < -0.3 is 10.2 Å². The first kappa shape index (κ1) is 16.6. The number of rotatable bonds is 2. The Bertz CT molecular complexity index is 656. The van der Waals surface area contributed by atoms with Crippen LogP contribution in [0.25, 0.3) is 0 Å². The SMILES string of the molecule is CN(C(=O)Nc1ccc(C(F)(F)F)cc1)C1CCS(=O)(=O)C1. The summed E-state index contributed by atoms with van der Waals surface area (Å²) in [5.74, 6) is -0.0561. The molecule has 1 aromatic rings. The zero-order chi connectivity index (χ0) is 16.5. The van der Waals surface area contributed by atoms with E-state index in [2.05, 4.69) is 5.32 Å². The van der Waals surface area contributed by atoms with Gasteiger partial charge in [-0.25, -0.2) is 13.2 Å². The molecule has 1 aliphatic heterocycles. The Morgan fingerprint density at radius 3 is 2.32 bits per heavy atom. The van der Waals surface area contributed by atoms with Crippen molar-refractivity contribution >= 4 is 21.6 Å². The maximum absolute atomic E-state index is 12.4. The molecule has 22 heavy (non-hydrogen) atoms. The molecule has 0 aromatic heterocycles. The first-order chi connectivity index (χ1) is 10.1. The largest absolute Gasteiger partial charge is 0.416 e. The molecule has 1 heterocycles. The number of amides is 2. The van der Waals surface area contributed by atoms with Gasteiger partial charge in [-0.05, 0) is 30.7 Å². The van der Waals surface area contributed by atoms with Crippen molar-refractivity contribution in [2.24, 2.45) is 0 Å². The summed E-state index contributed by atoms with van der Waals surface area (Å²) in [5, 5.41) is 2.45. The van der Waals surface area contributed by atoms with E-state index in [4.69, 9.17) is 0 Å². The third-order valence-electron chi connectivity index (χ3n) is 3.54. The Kier molecular flexibility index (Phi) is 4.37. The highest BCUT2D eigenvalue weighted by Gasteiger charge is 2.33. The number of nitrogens with zero attached hydrogens (tertiary/aromatic N) is 1. The van der Waals surface area contributed by atoms with Crippen LogP contribution in [-0.4, -0.2) is 43.9 Å². The first-order valence-corrected chi connectivity index (χ1v) is 8.32. The summed E-state index contributed by atoms with van der Waals surface area (Å²) in [7, 11) is -1.65. The van der Waals surface area contributed by atoms with Crippen molar-refractivity contribution in [1.29, 1.82) is 0 Å². The molecule has 1 aromatic carbocycles. The monoisotopic (exact) mass is 336 g/mol. The summed E-state index contributed by atoms with van der Waals surface area (Å²) in [6.45, 7) is 0. The zero-order valence-electron chi connectivity index (χ0n) is 11.7. The average molecular weight is 336 g/mol. The second-order valence-electron chi connectivity index (χ2n) is 5.17. The molecule has 5 nitrogen and oxygen atoms in total. The third kappa shape index (κ3) is 3.90. The predicted octanol–water partition coefficient (Wildman–Crippen LogP) is 2.36. The number of hydrogen-bond donors (Lipinski definition) is 1. The standard InChI is InChI=1S/C13H15F3N2O3S/c1-18(11-6-7-22(20,21)8-11)12(19)17-10-4-2-9(3-5-10)13(14,15)16/h2-5,11H,6-8H2,1H3,(H,17,19). The van der Waals surface area contributed by atoms with Gasteiger partial charge in [-0.15, -0.1) is 0 Å². The lowest BCUT2D eigenvalue weighted by atomic mass is 10.2. The fourth-order valence-electron chi connectivity index (χ4n) is 2.20. The molecule has 0 saturated carbocycles. The number of halogens is 3. The fourth-order valence-corrected chi connectivity index (χ4v) is 3.98. The van der Waals surface area contributed by atoms with Crippen LogP contribution in [0.4, 0.5) is 23.7 Å². The normalized spacial score (nSPS) is 20.6. The number of carbonyl (C=O) groups excluding carboxylic acids is 1. The van der Waals surface area contributed by atoms with Crippen molar-refractivity contribution in [2.75, 3.05) is 23.9 Å². The molecule has 0 spiro atoms. The van der Waals surface area contributed by atoms with Crippen LogP contribution in [0.5, 0.6) is 0 Å². The number of urea groups is 1. The molecular weight excluding hydrogens is 321 g/mol. The molecular formula is C13H15F3N2O3S. The number of hydrogen-bond acceptors (Lipinski definition) is 3. The lowest BCUT2D eigenvalue weighted by Crippen LogP contribution is -2.40. The number of anilines is 1. The quantitative estimate of drug-likeness (QED) is 0.901. The van der Waals surface area contributed by atoms with Gasteiger partial charge in [0.2, 0.25) is 0 Å². The lowest BCUT2D eigenvalue weighted by molar-refractivity contribution is -0.137. The van der Waals surface area contributed by atoms with Crippen LogP contribution >= 0.6 is 0 Å². The van der Waals surface area contributed by atoms with Gasteiger partial charge in [-0.3, -0.25) is 0 Å². The van der Waals surface area contributed by atoms with Gasteiger partial charge in [0.25, 0.3) is 0 Å². The van der Waals surface area contributed by atoms with E-state index in [1.165, 1.54) is 11.9 Å². The summed E-state index contributed by atoms with van der Waals surface area (Å²) >= 11 is 0. The highest BCUT2D eigenvalue weighted by Crippen LogP contribution is 2.29. The maximum Gasteiger partial charge on any atom is 0.416 e. The van der Waals surface area contributed by atoms with Crippen LogP contribution in [0, 0.1) is 0 Å². The van der Waals surface area contributed by atoms with Gasteiger partial charge in [0, 0.05) is 18.8 Å². The Labute approximate surface area is 126 Å². The molecule has 1 unspecified atom stereocenters. The van der Waals surface area contributed by atoms with Gasteiger partial charge in [0.1, 0.15) is 0 Å². The van der Waals surface area contributed by atoms with Gasteiger partial charge in [-0.2, -0.15) is 13.2 Å². The second kappa shape index (κ2) is 5.79. The Morgan fingerprint density at radius 2 is 1.86 bits per heavy atom. The summed E-state index contributed by atoms with van der Waals surface area (Å²) in [5.41, 5.74) is -0.591. The third-order valence-corrected chi connectivity index (χ3v) is 5.29. The first-order valence-electron chi connectivity index (χ1n) is 6.50. The van der Waals surface area contributed by atoms with Crippen LogP contribution in [0.1, 0.15) is 12.0 Å². The minimum Gasteiger partial charge on any atom is -0.324 e. The molecule has 0 radical (unpaired) electrons. The molecule has 1 N–H and O–H groups in total. The van der Waals surface area contributed by atoms with Gasteiger partial charge in [-0.1, -0.05) is 0 Å². The van der Waals surface area contributed by atoms with Crippen molar-refractivity contribution < 1.29 is 26.4 Å². The Hall–Kier alpha value is -1.77. The van der Waals surface area contributed by atoms with Crippen molar-refractivity contribution in [3.8, 4) is 0 Å². The van der Waals surface area contributed by atoms with E-state index < -0.39 is 33.6 Å². The Balaban J connectivity index is 2.00. The fraction of sp³-hybridized carbons (Fsp3) is 0.462. The van der Waals surface area contributed by atoms with Crippen molar-refractivity contribution in [1.82, 2.24) is 4.90 Å². The molecule has 1 atom stereocenters. The van der Waals surface area contributed by atoms with Gasteiger partial charge >= 0.3 is 12.2 Å². The van der Waals surface area contributed by atoms with E-state index in [-0.39, 0.29) is 17.2 Å². The Morgan fingerprint density at radius 1 is 1.27 bits per heavy atom. The summed E-state index contributed by atoms with van der Waals surface area (Å²) in [4.78, 5) is 13.3. The minimum atomic E-state index is -4.43. The molecule has 2 amide bonds. The number of nitrogens with one attached hydrogen (secondary N) is 1. The number of carbonyl (C=O) groups is 1. The summed E-state index contributed by atoms with van der Waals surface area (Å²) < 4.78 is 60.1. The summed E-state index contributed by atoms with van der Waals surface area (Å²) in [6.07, 6.45) is -4.07. The van der Waals surface area contributed by atoms with E-state index in [9.17, 15) is 26.4 Å². The minimum absolute atomic E-state index is 0.0373. The van der Waals surface area contributed by atoms with Gasteiger partial charge in [0.05, 0.1) is 17.1 Å². The van der Waals surface area contributed by atoms with E-state index in [1.807, 2.05) is 0 Å². The molecule has 0 aliphatic carbocycles. The van der Waals surface area contributed by atoms with Crippen LogP contribution in [-0.2, 0) is 16.0 Å². The molecule has 9 heteroatoms. The van der Waals surface area contributed by atoms with E-state index >= 15 is 0 Å². The average Bonchev–Trinajstić information content (AvgIpc) is 2.77. The highest BCUT2D eigenvalue weighted by molar-refractivity contribution is 7.91. The van der Waals surface area contributed by atoms with Crippen LogP contribution in [0.3, 0.4) is 0 Å². The van der Waals surface area contributed by atoms with E-state index in [0.29, 0.717) is 6.42 Å². The number of sulfone groups is 1. The molecule has 2 rings (SSSR count). The second-order valence-corrected chi connectivity index (χ2v) is 7.40.